The molecule has 3 unspecified atom stereocenters. The van der Waals surface area contributed by atoms with Gasteiger partial charge in [-0.3, -0.25) is 0 Å². The summed E-state index contributed by atoms with van der Waals surface area (Å²) in [6.45, 7) is 2.26. The van der Waals surface area contributed by atoms with E-state index in [1.807, 2.05) is 19.2 Å². The quantitative estimate of drug-likeness (QED) is 0.686. The van der Waals surface area contributed by atoms with Crippen molar-refractivity contribution in [2.24, 2.45) is 5.92 Å². The van der Waals surface area contributed by atoms with Gasteiger partial charge in [-0.15, -0.1) is 0 Å². The maximum atomic E-state index is 8.90. The molecule has 1 aromatic rings. The van der Waals surface area contributed by atoms with Gasteiger partial charge < -0.3 is 4.74 Å². The molecule has 2 heteroatoms. The van der Waals surface area contributed by atoms with E-state index in [4.69, 9.17) is 10.00 Å². The van der Waals surface area contributed by atoms with Crippen molar-refractivity contribution in [3.63, 3.8) is 0 Å². The maximum absolute atomic E-state index is 8.90. The van der Waals surface area contributed by atoms with Crippen molar-refractivity contribution in [3.8, 4) is 6.07 Å². The van der Waals surface area contributed by atoms with Crippen molar-refractivity contribution >= 4 is 0 Å². The third-order valence-corrected chi connectivity index (χ3v) is 4.89. The molecule has 0 aromatic heterocycles. The van der Waals surface area contributed by atoms with Crippen LogP contribution in [-0.4, -0.2) is 13.2 Å². The van der Waals surface area contributed by atoms with E-state index in [0.29, 0.717) is 12.0 Å². The van der Waals surface area contributed by atoms with Crippen molar-refractivity contribution in [1.29, 1.82) is 5.26 Å². The van der Waals surface area contributed by atoms with Crippen molar-refractivity contribution in [1.82, 2.24) is 0 Å². The standard InChI is InChI=1S/C19H27NO/c1-3-4-5-6-15-9-12-18(19(13-15)21-2)17-10-7-16(14-20)8-11-17/h7-8,10-11,15,18-19H,3-6,9,12-13H2,1-2H3. The van der Waals surface area contributed by atoms with Gasteiger partial charge in [-0.2, -0.15) is 5.26 Å². The lowest BCUT2D eigenvalue weighted by molar-refractivity contribution is 0.0304. The summed E-state index contributed by atoms with van der Waals surface area (Å²) < 4.78 is 5.79. The van der Waals surface area contributed by atoms with Crippen LogP contribution in [-0.2, 0) is 4.74 Å². The van der Waals surface area contributed by atoms with E-state index in [2.05, 4.69) is 25.1 Å². The summed E-state index contributed by atoms with van der Waals surface area (Å²) in [5.41, 5.74) is 2.06. The van der Waals surface area contributed by atoms with Gasteiger partial charge in [-0.1, -0.05) is 44.7 Å². The second kappa shape index (κ2) is 8.20. The van der Waals surface area contributed by atoms with E-state index in [-0.39, 0.29) is 0 Å². The molecule has 0 bridgehead atoms. The molecule has 1 aliphatic rings. The lowest BCUT2D eigenvalue weighted by atomic mass is 9.75. The van der Waals surface area contributed by atoms with E-state index >= 15 is 0 Å². The van der Waals surface area contributed by atoms with Crippen LogP contribution in [0.15, 0.2) is 24.3 Å². The molecule has 2 nitrogen and oxygen atoms in total. The lowest BCUT2D eigenvalue weighted by Gasteiger charge is -2.35. The Morgan fingerprint density at radius 1 is 1.19 bits per heavy atom. The summed E-state index contributed by atoms with van der Waals surface area (Å²) in [4.78, 5) is 0. The molecule has 1 aromatic carbocycles. The molecule has 0 saturated heterocycles. The van der Waals surface area contributed by atoms with E-state index in [9.17, 15) is 0 Å². The summed E-state index contributed by atoms with van der Waals surface area (Å²) in [5, 5.41) is 8.90. The van der Waals surface area contributed by atoms with Gasteiger partial charge in [0, 0.05) is 13.0 Å². The van der Waals surface area contributed by atoms with Crippen LogP contribution in [0, 0.1) is 17.2 Å². The lowest BCUT2D eigenvalue weighted by Crippen LogP contribution is -2.29. The minimum Gasteiger partial charge on any atom is -0.381 e. The first-order valence-corrected chi connectivity index (χ1v) is 8.31. The van der Waals surface area contributed by atoms with Crippen LogP contribution in [0.1, 0.15) is 68.9 Å². The molecule has 0 radical (unpaired) electrons. The van der Waals surface area contributed by atoms with Crippen molar-refractivity contribution < 1.29 is 4.74 Å². The predicted molar refractivity (Wildman–Crippen MR) is 86.2 cm³/mol. The zero-order chi connectivity index (χ0) is 15.1. The zero-order valence-electron chi connectivity index (χ0n) is 13.3. The fraction of sp³-hybridized carbons (Fsp3) is 0.632. The normalized spacial score (nSPS) is 25.5. The Labute approximate surface area is 129 Å². The number of hydrogen-bond donors (Lipinski definition) is 0. The van der Waals surface area contributed by atoms with Gasteiger partial charge in [0.15, 0.2) is 0 Å². The minimum absolute atomic E-state index is 0.332. The van der Waals surface area contributed by atoms with Crippen LogP contribution in [0.25, 0.3) is 0 Å². The molecule has 0 N–H and O–H groups in total. The van der Waals surface area contributed by atoms with Crippen LogP contribution in [0.3, 0.4) is 0 Å². The van der Waals surface area contributed by atoms with Crippen LogP contribution in [0.2, 0.25) is 0 Å². The Kier molecular flexibility index (Phi) is 6.26. The summed E-state index contributed by atoms with van der Waals surface area (Å²) in [6.07, 6.45) is 9.41. The second-order valence-electron chi connectivity index (χ2n) is 6.29. The average molecular weight is 285 g/mol. The molecule has 114 valence electrons. The predicted octanol–water partition coefficient (Wildman–Crippen LogP) is 5.04. The van der Waals surface area contributed by atoms with E-state index in [1.165, 1.54) is 50.5 Å². The van der Waals surface area contributed by atoms with Crippen molar-refractivity contribution in [2.45, 2.75) is 63.9 Å². The Hall–Kier alpha value is -1.33. The fourth-order valence-electron chi connectivity index (χ4n) is 3.60. The molecule has 3 atom stereocenters. The first-order valence-electron chi connectivity index (χ1n) is 8.31. The molecular formula is C19H27NO. The molecule has 2 rings (SSSR count). The largest absolute Gasteiger partial charge is 0.381 e. The molecular weight excluding hydrogens is 258 g/mol. The van der Waals surface area contributed by atoms with Gasteiger partial charge in [0.1, 0.15) is 0 Å². The first-order chi connectivity index (χ1) is 10.3. The minimum atomic E-state index is 0.332. The number of nitrogens with zero attached hydrogens (tertiary/aromatic N) is 1. The molecule has 0 heterocycles. The summed E-state index contributed by atoms with van der Waals surface area (Å²) in [7, 11) is 1.84. The molecule has 21 heavy (non-hydrogen) atoms. The Morgan fingerprint density at radius 3 is 2.57 bits per heavy atom. The number of methoxy groups -OCH3 is 1. The van der Waals surface area contributed by atoms with Gasteiger partial charge in [-0.25, -0.2) is 0 Å². The fourth-order valence-corrected chi connectivity index (χ4v) is 3.60. The maximum Gasteiger partial charge on any atom is 0.0991 e. The number of benzene rings is 1. The Morgan fingerprint density at radius 2 is 1.95 bits per heavy atom. The van der Waals surface area contributed by atoms with Crippen LogP contribution in [0.5, 0.6) is 0 Å². The Balaban J connectivity index is 1.96. The smallest absolute Gasteiger partial charge is 0.0991 e. The monoisotopic (exact) mass is 285 g/mol. The Bertz CT molecular complexity index is 459. The summed E-state index contributed by atoms with van der Waals surface area (Å²) >= 11 is 0. The van der Waals surface area contributed by atoms with Gasteiger partial charge in [-0.05, 0) is 42.9 Å². The number of hydrogen-bond acceptors (Lipinski definition) is 2. The van der Waals surface area contributed by atoms with Crippen molar-refractivity contribution in [3.05, 3.63) is 35.4 Å². The number of nitriles is 1. The highest BCUT2D eigenvalue weighted by Gasteiger charge is 2.31. The topological polar surface area (TPSA) is 33.0 Å². The highest BCUT2D eigenvalue weighted by Crippen LogP contribution is 2.39. The number of rotatable bonds is 6. The van der Waals surface area contributed by atoms with Gasteiger partial charge in [0.05, 0.1) is 17.7 Å². The number of ether oxygens (including phenoxy) is 1. The van der Waals surface area contributed by atoms with Crippen LogP contribution < -0.4 is 0 Å². The molecule has 1 aliphatic carbocycles. The van der Waals surface area contributed by atoms with Gasteiger partial charge in [0.25, 0.3) is 0 Å². The van der Waals surface area contributed by atoms with Crippen LogP contribution in [0.4, 0.5) is 0 Å². The second-order valence-corrected chi connectivity index (χ2v) is 6.29. The van der Waals surface area contributed by atoms with E-state index in [0.717, 1.165) is 11.5 Å². The molecule has 0 spiro atoms. The summed E-state index contributed by atoms with van der Waals surface area (Å²) in [6, 6.07) is 10.2. The average Bonchev–Trinajstić information content (AvgIpc) is 2.55. The van der Waals surface area contributed by atoms with E-state index in [1.54, 1.807) is 0 Å². The third kappa shape index (κ3) is 4.32. The molecule has 1 fully saturated rings. The van der Waals surface area contributed by atoms with Gasteiger partial charge >= 0.3 is 0 Å². The molecule has 1 saturated carbocycles. The van der Waals surface area contributed by atoms with Crippen molar-refractivity contribution in [2.75, 3.05) is 7.11 Å². The summed E-state index contributed by atoms with van der Waals surface area (Å²) in [5.74, 6) is 1.32. The van der Waals surface area contributed by atoms with E-state index < -0.39 is 0 Å². The third-order valence-electron chi connectivity index (χ3n) is 4.89. The SMILES string of the molecule is CCCCCC1CCC(c2ccc(C#N)cc2)C(OC)C1. The first kappa shape index (κ1) is 16.0. The molecule has 0 aliphatic heterocycles. The number of unbranched alkanes of at least 4 members (excludes halogenated alkanes) is 2. The highest BCUT2D eigenvalue weighted by atomic mass is 16.5. The molecule has 0 amide bonds. The zero-order valence-corrected chi connectivity index (χ0v) is 13.3. The van der Waals surface area contributed by atoms with Gasteiger partial charge in [0.2, 0.25) is 0 Å². The van der Waals surface area contributed by atoms with Crippen LogP contribution >= 0.6 is 0 Å². The highest BCUT2D eigenvalue weighted by molar-refractivity contribution is 5.33.